The van der Waals surface area contributed by atoms with Crippen molar-refractivity contribution in [3.63, 3.8) is 0 Å². The molecule has 0 aliphatic rings. The van der Waals surface area contributed by atoms with Gasteiger partial charge in [-0.05, 0) is 26.2 Å². The molecule has 0 aromatic rings. The fourth-order valence-electron chi connectivity index (χ4n) is 0.834. The lowest BCUT2D eigenvalue weighted by atomic mass is 10.00. The van der Waals surface area contributed by atoms with Gasteiger partial charge < -0.3 is 4.74 Å². The predicted molar refractivity (Wildman–Crippen MR) is 49.8 cm³/mol. The molecule has 0 rings (SSSR count). The molecule has 2 heteroatoms. The van der Waals surface area contributed by atoms with Crippen LogP contribution in [0.4, 0.5) is 0 Å². The van der Waals surface area contributed by atoms with E-state index in [0.29, 0.717) is 12.5 Å². The van der Waals surface area contributed by atoms with E-state index in [-0.39, 0.29) is 5.97 Å². The molecule has 12 heavy (non-hydrogen) atoms. The van der Waals surface area contributed by atoms with Gasteiger partial charge in [-0.2, -0.15) is 0 Å². The van der Waals surface area contributed by atoms with E-state index in [0.717, 1.165) is 12.0 Å². The molecule has 0 aliphatic carbocycles. The monoisotopic (exact) mass is 170 g/mol. The molecule has 2 nitrogen and oxygen atoms in total. The number of hydrogen-bond acceptors (Lipinski definition) is 2. The zero-order valence-electron chi connectivity index (χ0n) is 8.39. The van der Waals surface area contributed by atoms with E-state index in [9.17, 15) is 4.79 Å². The van der Waals surface area contributed by atoms with Gasteiger partial charge in [-0.3, -0.25) is 0 Å². The molecule has 70 valence electrons. The molecule has 0 aromatic heterocycles. The molecule has 0 heterocycles. The van der Waals surface area contributed by atoms with E-state index in [4.69, 9.17) is 4.74 Å². The molecule has 1 atom stereocenters. The summed E-state index contributed by atoms with van der Waals surface area (Å²) in [6.07, 6.45) is 2.64. The fraction of sp³-hybridized carbons (Fsp3) is 0.700. The molecular formula is C10H18O2. The van der Waals surface area contributed by atoms with Gasteiger partial charge in [0, 0.05) is 6.08 Å². The number of carbonyl (C=O) groups excluding carboxylic acids is 1. The second kappa shape index (κ2) is 5.81. The Morgan fingerprint density at radius 3 is 2.50 bits per heavy atom. The van der Waals surface area contributed by atoms with Crippen LogP contribution in [-0.2, 0) is 9.53 Å². The summed E-state index contributed by atoms with van der Waals surface area (Å²) in [7, 11) is 0. The van der Waals surface area contributed by atoms with Gasteiger partial charge in [0.2, 0.25) is 0 Å². The van der Waals surface area contributed by atoms with E-state index in [1.807, 2.05) is 13.8 Å². The van der Waals surface area contributed by atoms with Gasteiger partial charge in [-0.1, -0.05) is 19.4 Å². The van der Waals surface area contributed by atoms with Crippen molar-refractivity contribution in [2.24, 2.45) is 5.92 Å². The molecule has 0 N–H and O–H groups in total. The van der Waals surface area contributed by atoms with Gasteiger partial charge in [-0.25, -0.2) is 4.79 Å². The van der Waals surface area contributed by atoms with Crippen LogP contribution in [-0.4, -0.2) is 12.6 Å². The molecule has 0 aromatic carbocycles. The Bertz CT molecular complexity index is 171. The van der Waals surface area contributed by atoms with Crippen molar-refractivity contribution in [3.8, 4) is 0 Å². The highest BCUT2D eigenvalue weighted by Gasteiger charge is 2.03. The first-order chi connectivity index (χ1) is 5.61. The lowest BCUT2D eigenvalue weighted by Crippen LogP contribution is -2.03. The van der Waals surface area contributed by atoms with Crippen LogP contribution in [0.3, 0.4) is 0 Å². The summed E-state index contributed by atoms with van der Waals surface area (Å²) < 4.78 is 4.79. The topological polar surface area (TPSA) is 26.3 Å². The van der Waals surface area contributed by atoms with E-state index < -0.39 is 0 Å². The predicted octanol–water partition coefficient (Wildman–Crippen LogP) is 2.54. The van der Waals surface area contributed by atoms with Crippen LogP contribution < -0.4 is 0 Å². The molecule has 0 amide bonds. The Morgan fingerprint density at radius 2 is 2.08 bits per heavy atom. The molecule has 0 radical (unpaired) electrons. The fourth-order valence-corrected chi connectivity index (χ4v) is 0.834. The Balaban J connectivity index is 4.05. The van der Waals surface area contributed by atoms with Gasteiger partial charge in [0.15, 0.2) is 0 Å². The Hall–Kier alpha value is -0.790. The smallest absolute Gasteiger partial charge is 0.330 e. The highest BCUT2D eigenvalue weighted by Crippen LogP contribution is 2.12. The maximum Gasteiger partial charge on any atom is 0.330 e. The van der Waals surface area contributed by atoms with Crippen LogP contribution in [0.5, 0.6) is 0 Å². The number of carbonyl (C=O) groups is 1. The number of ether oxygens (including phenoxy) is 1. The maximum atomic E-state index is 11.0. The van der Waals surface area contributed by atoms with Gasteiger partial charge >= 0.3 is 5.97 Å². The van der Waals surface area contributed by atoms with Crippen molar-refractivity contribution in [1.29, 1.82) is 0 Å². The minimum absolute atomic E-state index is 0.227. The first kappa shape index (κ1) is 11.2. The average Bonchev–Trinajstić information content (AvgIpc) is 2.03. The van der Waals surface area contributed by atoms with E-state index >= 15 is 0 Å². The summed E-state index contributed by atoms with van der Waals surface area (Å²) in [5, 5.41) is 0. The molecule has 1 unspecified atom stereocenters. The third kappa shape index (κ3) is 4.16. The number of hydrogen-bond donors (Lipinski definition) is 0. The van der Waals surface area contributed by atoms with E-state index in [1.165, 1.54) is 0 Å². The van der Waals surface area contributed by atoms with Gasteiger partial charge in [-0.15, -0.1) is 0 Å². The molecule has 0 spiro atoms. The molecular weight excluding hydrogens is 152 g/mol. The number of allylic oxidation sites excluding steroid dienone is 1. The van der Waals surface area contributed by atoms with Crippen LogP contribution in [0, 0.1) is 5.92 Å². The van der Waals surface area contributed by atoms with Gasteiger partial charge in [0.05, 0.1) is 6.61 Å². The lowest BCUT2D eigenvalue weighted by Gasteiger charge is -2.07. The molecule has 0 saturated carbocycles. The Labute approximate surface area is 74.6 Å². The summed E-state index contributed by atoms with van der Waals surface area (Å²) >= 11 is 0. The first-order valence-electron chi connectivity index (χ1n) is 4.46. The van der Waals surface area contributed by atoms with Crippen LogP contribution in [0.15, 0.2) is 11.6 Å². The SMILES string of the molecule is CCOC(=O)/C=C(/C)C(C)CC. The summed E-state index contributed by atoms with van der Waals surface area (Å²) in [6, 6.07) is 0. The average molecular weight is 170 g/mol. The summed E-state index contributed by atoms with van der Waals surface area (Å²) in [6.45, 7) is 8.43. The second-order valence-electron chi connectivity index (χ2n) is 2.95. The van der Waals surface area contributed by atoms with Crippen molar-refractivity contribution in [2.75, 3.05) is 6.61 Å². The third-order valence-electron chi connectivity index (χ3n) is 2.02. The molecule has 0 saturated heterocycles. The summed E-state index contributed by atoms with van der Waals surface area (Å²) in [4.78, 5) is 11.0. The highest BCUT2D eigenvalue weighted by atomic mass is 16.5. The standard InChI is InChI=1S/C10H18O2/c1-5-8(3)9(4)7-10(11)12-6-2/h7-8H,5-6H2,1-4H3/b9-7-. The molecule has 0 fully saturated rings. The first-order valence-corrected chi connectivity index (χ1v) is 4.46. The Kier molecular flexibility index (Phi) is 5.43. The van der Waals surface area contributed by atoms with Crippen molar-refractivity contribution >= 4 is 5.97 Å². The van der Waals surface area contributed by atoms with Crippen LogP contribution in [0.25, 0.3) is 0 Å². The minimum Gasteiger partial charge on any atom is -0.463 e. The lowest BCUT2D eigenvalue weighted by molar-refractivity contribution is -0.137. The van der Waals surface area contributed by atoms with Crippen molar-refractivity contribution in [2.45, 2.75) is 34.1 Å². The van der Waals surface area contributed by atoms with Crippen LogP contribution in [0.1, 0.15) is 34.1 Å². The Morgan fingerprint density at radius 1 is 1.50 bits per heavy atom. The van der Waals surface area contributed by atoms with E-state index in [2.05, 4.69) is 13.8 Å². The van der Waals surface area contributed by atoms with E-state index in [1.54, 1.807) is 6.08 Å². The van der Waals surface area contributed by atoms with Gasteiger partial charge in [0.1, 0.15) is 0 Å². The zero-order valence-corrected chi connectivity index (χ0v) is 8.39. The number of esters is 1. The van der Waals surface area contributed by atoms with Gasteiger partial charge in [0.25, 0.3) is 0 Å². The minimum atomic E-state index is -0.227. The second-order valence-corrected chi connectivity index (χ2v) is 2.95. The summed E-state index contributed by atoms with van der Waals surface area (Å²) in [5.41, 5.74) is 1.09. The highest BCUT2D eigenvalue weighted by molar-refractivity contribution is 5.82. The third-order valence-corrected chi connectivity index (χ3v) is 2.02. The maximum absolute atomic E-state index is 11.0. The molecule has 0 aliphatic heterocycles. The van der Waals surface area contributed by atoms with Crippen molar-refractivity contribution in [3.05, 3.63) is 11.6 Å². The quantitative estimate of drug-likeness (QED) is 0.478. The van der Waals surface area contributed by atoms with Crippen LogP contribution in [0.2, 0.25) is 0 Å². The summed E-state index contributed by atoms with van der Waals surface area (Å²) in [5.74, 6) is 0.240. The number of rotatable bonds is 4. The largest absolute Gasteiger partial charge is 0.463 e. The molecule has 0 bridgehead atoms. The normalized spacial score (nSPS) is 14.2. The van der Waals surface area contributed by atoms with Crippen molar-refractivity contribution < 1.29 is 9.53 Å². The van der Waals surface area contributed by atoms with Crippen molar-refractivity contribution in [1.82, 2.24) is 0 Å². The zero-order chi connectivity index (χ0) is 9.56. The van der Waals surface area contributed by atoms with Crippen LogP contribution >= 0.6 is 0 Å².